The van der Waals surface area contributed by atoms with Crippen molar-refractivity contribution in [2.45, 2.75) is 49.3 Å². The molecule has 0 bridgehead atoms. The molecule has 1 saturated heterocycles. The standard InChI is InChI=1S/C17H20ClN3O3S3/c1-10-4-5-11-13(9-10)25-17(19-11)20-16(22)12-3-2-8-21(12)27(23,24)15-7-6-14(18)26-15/h6-7,10,12H,2-5,8-9H2,1H3,(H,19,20,22)/t10-,12-/m0/s1. The Balaban J connectivity index is 1.51. The van der Waals surface area contributed by atoms with Crippen LogP contribution in [0.4, 0.5) is 5.13 Å². The van der Waals surface area contributed by atoms with Crippen molar-refractivity contribution in [2.24, 2.45) is 5.92 Å². The third kappa shape index (κ3) is 3.80. The number of amides is 1. The van der Waals surface area contributed by atoms with Crippen molar-refractivity contribution in [3.63, 3.8) is 0 Å². The third-order valence-electron chi connectivity index (χ3n) is 5.03. The lowest BCUT2D eigenvalue weighted by Gasteiger charge is -2.22. The van der Waals surface area contributed by atoms with Crippen molar-refractivity contribution in [1.29, 1.82) is 0 Å². The molecule has 10 heteroatoms. The highest BCUT2D eigenvalue weighted by Gasteiger charge is 2.40. The quantitative estimate of drug-likeness (QED) is 0.776. The fourth-order valence-electron chi connectivity index (χ4n) is 3.62. The summed E-state index contributed by atoms with van der Waals surface area (Å²) in [5.74, 6) is 0.326. The fourth-order valence-corrected chi connectivity index (χ4v) is 8.07. The maximum Gasteiger partial charge on any atom is 0.253 e. The lowest BCUT2D eigenvalue weighted by molar-refractivity contribution is -0.119. The Hall–Kier alpha value is -1.000. The molecule has 2 aliphatic rings. The van der Waals surface area contributed by atoms with Gasteiger partial charge in [0.15, 0.2) is 5.13 Å². The summed E-state index contributed by atoms with van der Waals surface area (Å²) < 4.78 is 27.7. The molecule has 1 aliphatic heterocycles. The number of thiazole rings is 1. The van der Waals surface area contributed by atoms with Crippen molar-refractivity contribution in [2.75, 3.05) is 11.9 Å². The van der Waals surface area contributed by atoms with Crippen molar-refractivity contribution in [3.8, 4) is 0 Å². The molecule has 4 rings (SSSR count). The second-order valence-corrected chi connectivity index (χ2v) is 12.0. The van der Waals surface area contributed by atoms with Gasteiger partial charge in [0.1, 0.15) is 10.3 Å². The minimum atomic E-state index is -3.72. The van der Waals surface area contributed by atoms with Gasteiger partial charge in [0.05, 0.1) is 10.0 Å². The number of nitrogens with one attached hydrogen (secondary N) is 1. The smallest absolute Gasteiger partial charge is 0.253 e. The van der Waals surface area contributed by atoms with Gasteiger partial charge >= 0.3 is 0 Å². The van der Waals surface area contributed by atoms with Crippen LogP contribution in [0.1, 0.15) is 36.8 Å². The van der Waals surface area contributed by atoms with E-state index in [9.17, 15) is 13.2 Å². The molecule has 27 heavy (non-hydrogen) atoms. The summed E-state index contributed by atoms with van der Waals surface area (Å²) in [5, 5.41) is 3.43. The number of rotatable bonds is 4. The molecule has 146 valence electrons. The minimum Gasteiger partial charge on any atom is -0.301 e. The van der Waals surface area contributed by atoms with E-state index in [4.69, 9.17) is 11.6 Å². The molecule has 1 fully saturated rings. The van der Waals surface area contributed by atoms with E-state index in [0.29, 0.717) is 34.8 Å². The summed E-state index contributed by atoms with van der Waals surface area (Å²) in [7, 11) is -3.72. The number of fused-ring (bicyclic) bond motifs is 1. The number of nitrogens with zero attached hydrogens (tertiary/aromatic N) is 2. The van der Waals surface area contributed by atoms with Crippen LogP contribution in [-0.4, -0.2) is 36.2 Å². The molecule has 0 aromatic carbocycles. The van der Waals surface area contributed by atoms with Crippen molar-refractivity contribution >= 4 is 55.3 Å². The van der Waals surface area contributed by atoms with E-state index in [-0.39, 0.29) is 10.1 Å². The summed E-state index contributed by atoms with van der Waals surface area (Å²) in [6, 6.07) is 2.34. The number of halogens is 1. The van der Waals surface area contributed by atoms with E-state index in [1.54, 1.807) is 6.07 Å². The Morgan fingerprint density at radius 3 is 2.89 bits per heavy atom. The molecule has 0 saturated carbocycles. The van der Waals surface area contributed by atoms with Gasteiger partial charge in [-0.05, 0) is 50.2 Å². The van der Waals surface area contributed by atoms with Gasteiger partial charge in [-0.2, -0.15) is 4.31 Å². The second kappa shape index (κ2) is 7.44. The Bertz CT molecular complexity index is 969. The first kappa shape index (κ1) is 19.3. The molecule has 0 spiro atoms. The topological polar surface area (TPSA) is 79.4 Å². The summed E-state index contributed by atoms with van der Waals surface area (Å²) in [4.78, 5) is 18.6. The number of hydrogen-bond acceptors (Lipinski definition) is 6. The molecule has 2 atom stereocenters. The van der Waals surface area contributed by atoms with Gasteiger partial charge in [-0.15, -0.1) is 22.7 Å². The van der Waals surface area contributed by atoms with Crippen molar-refractivity contribution in [1.82, 2.24) is 9.29 Å². The van der Waals surface area contributed by atoms with E-state index in [2.05, 4.69) is 17.2 Å². The van der Waals surface area contributed by atoms with Crippen LogP contribution in [0.5, 0.6) is 0 Å². The number of sulfonamides is 1. The number of thiophene rings is 1. The molecule has 0 unspecified atom stereocenters. The van der Waals surface area contributed by atoms with Crippen LogP contribution in [-0.2, 0) is 27.7 Å². The number of carbonyl (C=O) groups excluding carboxylic acids is 1. The predicted octanol–water partition coefficient (Wildman–Crippen LogP) is 3.77. The fraction of sp³-hybridized carbons (Fsp3) is 0.529. The molecule has 1 amide bonds. The summed E-state index contributed by atoms with van der Waals surface area (Å²) in [5.41, 5.74) is 1.07. The average Bonchev–Trinajstić information content (AvgIpc) is 3.32. The van der Waals surface area contributed by atoms with Crippen LogP contribution in [0.3, 0.4) is 0 Å². The Morgan fingerprint density at radius 1 is 1.33 bits per heavy atom. The predicted molar refractivity (Wildman–Crippen MR) is 108 cm³/mol. The highest BCUT2D eigenvalue weighted by atomic mass is 35.5. The molecule has 0 radical (unpaired) electrons. The average molecular weight is 446 g/mol. The van der Waals surface area contributed by atoms with E-state index < -0.39 is 16.1 Å². The maximum atomic E-state index is 12.9. The van der Waals surface area contributed by atoms with Crippen LogP contribution >= 0.6 is 34.3 Å². The molecule has 6 nitrogen and oxygen atoms in total. The highest BCUT2D eigenvalue weighted by Crippen LogP contribution is 2.34. The number of carbonyl (C=O) groups is 1. The largest absolute Gasteiger partial charge is 0.301 e. The van der Waals surface area contributed by atoms with Crippen LogP contribution in [0.15, 0.2) is 16.3 Å². The maximum absolute atomic E-state index is 12.9. The van der Waals surface area contributed by atoms with Crippen molar-refractivity contribution < 1.29 is 13.2 Å². The van der Waals surface area contributed by atoms with Gasteiger partial charge in [0.25, 0.3) is 10.0 Å². The van der Waals surface area contributed by atoms with Gasteiger partial charge < -0.3 is 5.32 Å². The van der Waals surface area contributed by atoms with Gasteiger partial charge in [-0.3, -0.25) is 4.79 Å². The normalized spacial score (nSPS) is 23.3. The van der Waals surface area contributed by atoms with Gasteiger partial charge in [0.2, 0.25) is 5.91 Å². The molecular weight excluding hydrogens is 426 g/mol. The summed E-state index contributed by atoms with van der Waals surface area (Å²) in [6.45, 7) is 2.56. The lowest BCUT2D eigenvalue weighted by Crippen LogP contribution is -2.42. The van der Waals surface area contributed by atoms with Crippen molar-refractivity contribution in [3.05, 3.63) is 27.0 Å². The SMILES string of the molecule is C[C@H]1CCc2nc(NC(=O)[C@@H]3CCCN3S(=O)(=O)c3ccc(Cl)s3)sc2C1. The summed E-state index contributed by atoms with van der Waals surface area (Å²) >= 11 is 8.41. The van der Waals surface area contributed by atoms with E-state index >= 15 is 0 Å². The number of anilines is 1. The van der Waals surface area contributed by atoms with Gasteiger partial charge in [-0.1, -0.05) is 18.5 Å². The molecule has 1 N–H and O–H groups in total. The van der Waals surface area contributed by atoms with E-state index in [1.165, 1.54) is 26.6 Å². The number of aryl methyl sites for hydroxylation is 1. The van der Waals surface area contributed by atoms with Crippen LogP contribution in [0, 0.1) is 5.92 Å². The molecule has 1 aliphatic carbocycles. The number of aromatic nitrogens is 1. The zero-order valence-corrected chi connectivity index (χ0v) is 18.0. The van der Waals surface area contributed by atoms with E-state index in [1.807, 2.05) is 0 Å². The van der Waals surface area contributed by atoms with Crippen LogP contribution in [0.2, 0.25) is 4.34 Å². The monoisotopic (exact) mass is 445 g/mol. The van der Waals surface area contributed by atoms with Crippen LogP contribution < -0.4 is 5.32 Å². The Morgan fingerprint density at radius 2 is 2.15 bits per heavy atom. The zero-order chi connectivity index (χ0) is 19.2. The lowest BCUT2D eigenvalue weighted by atomic mass is 9.93. The highest BCUT2D eigenvalue weighted by molar-refractivity contribution is 7.91. The van der Waals surface area contributed by atoms with Gasteiger partial charge in [0, 0.05) is 11.4 Å². The first-order valence-corrected chi connectivity index (χ1v) is 12.4. The van der Waals surface area contributed by atoms with E-state index in [0.717, 1.165) is 36.3 Å². The molecular formula is C17H20ClN3O3S3. The molecule has 3 heterocycles. The minimum absolute atomic E-state index is 0.172. The number of hydrogen-bond donors (Lipinski definition) is 1. The zero-order valence-electron chi connectivity index (χ0n) is 14.8. The van der Waals surface area contributed by atoms with Crippen LogP contribution in [0.25, 0.3) is 0 Å². The Labute approximate surface area is 171 Å². The first-order valence-electron chi connectivity index (χ1n) is 8.91. The van der Waals surface area contributed by atoms with Gasteiger partial charge in [-0.25, -0.2) is 13.4 Å². The Kier molecular flexibility index (Phi) is 5.32. The third-order valence-corrected chi connectivity index (χ3v) is 9.68. The second-order valence-electron chi connectivity index (χ2n) is 7.06. The molecule has 2 aromatic rings. The summed E-state index contributed by atoms with van der Waals surface area (Å²) in [6.07, 6.45) is 4.20. The molecule has 2 aromatic heterocycles. The first-order chi connectivity index (χ1) is 12.8.